The molecule has 7 nitrogen and oxygen atoms in total. The first-order valence-corrected chi connectivity index (χ1v) is 13.9. The molecule has 1 aromatic heterocycles. The molecular formula is C22H24N2O5S3. The molecule has 2 aromatic carbocycles. The molecule has 0 atom stereocenters. The van der Waals surface area contributed by atoms with E-state index in [-0.39, 0.29) is 24.0 Å². The first-order valence-electron chi connectivity index (χ1n) is 10.1. The Bertz CT molecular complexity index is 1320. The van der Waals surface area contributed by atoms with Gasteiger partial charge in [-0.15, -0.1) is 0 Å². The predicted molar refractivity (Wildman–Crippen MR) is 127 cm³/mol. The highest BCUT2D eigenvalue weighted by Gasteiger charge is 2.20. The largest absolute Gasteiger partial charge is 0.454 e. The summed E-state index contributed by atoms with van der Waals surface area (Å²) in [6, 6.07) is 10.3. The number of nitrogens with zero attached hydrogens (tertiary/aromatic N) is 2. The number of hydrogen-bond donors (Lipinski definition) is 0. The molecule has 0 saturated heterocycles. The maximum Gasteiger partial charge on any atom is 0.252 e. The Hall–Kier alpha value is -2.30. The van der Waals surface area contributed by atoms with Gasteiger partial charge in [0.2, 0.25) is 6.79 Å². The average molecular weight is 493 g/mol. The maximum atomic E-state index is 12.7. The minimum absolute atomic E-state index is 0.0987. The molecule has 10 heteroatoms. The van der Waals surface area contributed by atoms with E-state index in [0.717, 1.165) is 21.5 Å². The fraction of sp³-hybridized carbons (Fsp3) is 0.364. The standard InChI is InChI=1S/C22H24N2O5S3/c1-14(2)32(26,27)16-6-4-15(5-7-16)10-21(25)23-22-24(8-9-30-3)17-11-18-19(29-13-28-18)12-20(17)31-22/h4-7,11-12,14H,8-10,13H2,1-3H3. The number of fused-ring (bicyclic) bond motifs is 2. The zero-order chi connectivity index (χ0) is 22.9. The molecule has 0 bridgehead atoms. The smallest absolute Gasteiger partial charge is 0.252 e. The molecule has 1 amide bonds. The number of amides is 1. The van der Waals surface area contributed by atoms with Crippen LogP contribution in [0, 0.1) is 0 Å². The van der Waals surface area contributed by atoms with E-state index in [0.29, 0.717) is 22.8 Å². The van der Waals surface area contributed by atoms with Crippen LogP contribution in [-0.4, -0.2) is 42.9 Å². The minimum Gasteiger partial charge on any atom is -0.454 e. The highest BCUT2D eigenvalue weighted by atomic mass is 32.2. The Morgan fingerprint density at radius 1 is 1.19 bits per heavy atom. The van der Waals surface area contributed by atoms with Gasteiger partial charge in [0.05, 0.1) is 26.8 Å². The summed E-state index contributed by atoms with van der Waals surface area (Å²) in [6.07, 6.45) is 2.14. The monoisotopic (exact) mass is 492 g/mol. The Morgan fingerprint density at radius 2 is 1.88 bits per heavy atom. The molecule has 0 unspecified atom stereocenters. The topological polar surface area (TPSA) is 87.0 Å². The third kappa shape index (κ3) is 4.57. The van der Waals surface area contributed by atoms with E-state index in [9.17, 15) is 13.2 Å². The van der Waals surface area contributed by atoms with Crippen LogP contribution in [0.5, 0.6) is 11.5 Å². The fourth-order valence-electron chi connectivity index (χ4n) is 3.33. The Balaban J connectivity index is 1.63. The van der Waals surface area contributed by atoms with Crippen LogP contribution in [0.2, 0.25) is 0 Å². The number of carbonyl (C=O) groups excluding carboxylic acids is 1. The van der Waals surface area contributed by atoms with Crippen molar-refractivity contribution in [2.45, 2.75) is 37.0 Å². The molecule has 1 aliphatic rings. The zero-order valence-electron chi connectivity index (χ0n) is 18.0. The number of carbonyl (C=O) groups is 1. The van der Waals surface area contributed by atoms with Gasteiger partial charge < -0.3 is 14.0 Å². The van der Waals surface area contributed by atoms with Gasteiger partial charge in [-0.1, -0.05) is 23.5 Å². The summed E-state index contributed by atoms with van der Waals surface area (Å²) in [7, 11) is -3.34. The van der Waals surface area contributed by atoms with Crippen molar-refractivity contribution >= 4 is 49.1 Å². The quantitative estimate of drug-likeness (QED) is 0.500. The summed E-state index contributed by atoms with van der Waals surface area (Å²) in [4.78, 5) is 18.0. The average Bonchev–Trinajstić information content (AvgIpc) is 3.34. The third-order valence-corrected chi connectivity index (χ3v) is 8.95. The molecule has 0 N–H and O–H groups in total. The van der Waals surface area contributed by atoms with Gasteiger partial charge in [-0.2, -0.15) is 16.8 Å². The van der Waals surface area contributed by atoms with Crippen molar-refractivity contribution in [2.24, 2.45) is 4.99 Å². The zero-order valence-corrected chi connectivity index (χ0v) is 20.5. The number of hydrogen-bond acceptors (Lipinski definition) is 7. The van der Waals surface area contributed by atoms with Crippen LogP contribution in [-0.2, 0) is 27.6 Å². The van der Waals surface area contributed by atoms with Gasteiger partial charge in [-0.25, -0.2) is 8.42 Å². The van der Waals surface area contributed by atoms with Crippen molar-refractivity contribution in [1.29, 1.82) is 0 Å². The fourth-order valence-corrected chi connectivity index (χ4v) is 5.84. The van der Waals surface area contributed by atoms with Crippen LogP contribution in [0.3, 0.4) is 0 Å². The van der Waals surface area contributed by atoms with Gasteiger partial charge in [0.1, 0.15) is 0 Å². The van der Waals surface area contributed by atoms with Gasteiger partial charge in [0.15, 0.2) is 26.1 Å². The first-order chi connectivity index (χ1) is 15.3. The van der Waals surface area contributed by atoms with Gasteiger partial charge >= 0.3 is 0 Å². The molecule has 2 heterocycles. The molecular weight excluding hydrogens is 468 g/mol. The second-order valence-electron chi connectivity index (χ2n) is 7.62. The van der Waals surface area contributed by atoms with Gasteiger partial charge in [0.25, 0.3) is 5.91 Å². The van der Waals surface area contributed by atoms with E-state index < -0.39 is 15.1 Å². The molecule has 0 radical (unpaired) electrons. The first kappa shape index (κ1) is 22.9. The summed E-state index contributed by atoms with van der Waals surface area (Å²) >= 11 is 3.16. The van der Waals surface area contributed by atoms with Crippen molar-refractivity contribution < 1.29 is 22.7 Å². The lowest BCUT2D eigenvalue weighted by molar-refractivity contribution is -0.117. The SMILES string of the molecule is CSCCn1c(=NC(=O)Cc2ccc(S(=O)(=O)C(C)C)cc2)sc2cc3c(cc21)OCO3. The molecule has 170 valence electrons. The number of rotatable bonds is 7. The highest BCUT2D eigenvalue weighted by molar-refractivity contribution is 7.98. The van der Waals surface area contributed by atoms with E-state index in [1.165, 1.54) is 11.3 Å². The molecule has 0 spiro atoms. The van der Waals surface area contributed by atoms with Gasteiger partial charge in [0, 0.05) is 24.4 Å². The van der Waals surface area contributed by atoms with E-state index in [1.54, 1.807) is 49.9 Å². The molecule has 32 heavy (non-hydrogen) atoms. The summed E-state index contributed by atoms with van der Waals surface area (Å²) in [5.74, 6) is 1.99. The van der Waals surface area contributed by atoms with Gasteiger partial charge in [-0.05, 0) is 37.8 Å². The Morgan fingerprint density at radius 3 is 2.53 bits per heavy atom. The summed E-state index contributed by atoms with van der Waals surface area (Å²) in [6.45, 7) is 4.23. The summed E-state index contributed by atoms with van der Waals surface area (Å²) < 4.78 is 38.6. The maximum absolute atomic E-state index is 12.7. The van der Waals surface area contributed by atoms with E-state index in [1.807, 2.05) is 23.0 Å². The molecule has 1 aliphatic heterocycles. The third-order valence-electron chi connectivity index (χ3n) is 5.14. The molecule has 4 rings (SSSR count). The molecule has 0 fully saturated rings. The van der Waals surface area contributed by atoms with Crippen molar-refractivity contribution in [1.82, 2.24) is 4.57 Å². The lowest BCUT2D eigenvalue weighted by Gasteiger charge is -2.08. The number of sulfone groups is 1. The van der Waals surface area contributed by atoms with Crippen LogP contribution < -0.4 is 14.3 Å². The lowest BCUT2D eigenvalue weighted by atomic mass is 10.1. The molecule has 0 saturated carbocycles. The van der Waals surface area contributed by atoms with Crippen LogP contribution in [0.25, 0.3) is 10.2 Å². The van der Waals surface area contributed by atoms with Crippen molar-refractivity contribution in [3.8, 4) is 11.5 Å². The van der Waals surface area contributed by atoms with Crippen molar-refractivity contribution in [2.75, 3.05) is 18.8 Å². The van der Waals surface area contributed by atoms with Crippen molar-refractivity contribution in [3.05, 3.63) is 46.8 Å². The number of aryl methyl sites for hydroxylation is 1. The summed E-state index contributed by atoms with van der Waals surface area (Å²) in [5.41, 5.74) is 1.68. The molecule has 0 aliphatic carbocycles. The number of ether oxygens (including phenoxy) is 2. The lowest BCUT2D eigenvalue weighted by Crippen LogP contribution is -2.18. The minimum atomic E-state index is -3.34. The predicted octanol–water partition coefficient (Wildman–Crippen LogP) is 3.65. The number of thioether (sulfide) groups is 1. The van der Waals surface area contributed by atoms with E-state index >= 15 is 0 Å². The van der Waals surface area contributed by atoms with Crippen molar-refractivity contribution in [3.63, 3.8) is 0 Å². The highest BCUT2D eigenvalue weighted by Crippen LogP contribution is 2.37. The second-order valence-corrected chi connectivity index (χ2v) is 12.1. The van der Waals surface area contributed by atoms with Crippen LogP contribution >= 0.6 is 23.1 Å². The van der Waals surface area contributed by atoms with Crippen LogP contribution in [0.15, 0.2) is 46.3 Å². The second kappa shape index (κ2) is 9.29. The number of aromatic nitrogens is 1. The van der Waals surface area contributed by atoms with E-state index in [4.69, 9.17) is 9.47 Å². The Labute approximate surface area is 195 Å². The normalized spacial score (nSPS) is 13.9. The van der Waals surface area contributed by atoms with Crippen LogP contribution in [0.4, 0.5) is 0 Å². The van der Waals surface area contributed by atoms with E-state index in [2.05, 4.69) is 4.99 Å². The Kier molecular flexibility index (Phi) is 6.64. The van der Waals surface area contributed by atoms with Gasteiger partial charge in [-0.3, -0.25) is 4.79 Å². The van der Waals surface area contributed by atoms with Crippen LogP contribution in [0.1, 0.15) is 19.4 Å². The summed E-state index contributed by atoms with van der Waals surface area (Å²) in [5, 5.41) is -0.494. The number of benzene rings is 2. The number of thiazole rings is 1. The molecule has 3 aromatic rings.